The molecule has 0 radical (unpaired) electrons. The van der Waals surface area contributed by atoms with Crippen LogP contribution in [0.4, 0.5) is 4.39 Å². The van der Waals surface area contributed by atoms with E-state index in [-0.39, 0.29) is 41.8 Å². The van der Waals surface area contributed by atoms with Crippen LogP contribution in [-0.2, 0) is 6.54 Å². The Morgan fingerprint density at radius 2 is 1.97 bits per heavy atom. The molecular weight excluding hydrogens is 480 g/mol. The minimum absolute atomic E-state index is 0. The fourth-order valence-corrected chi connectivity index (χ4v) is 3.77. The van der Waals surface area contributed by atoms with Crippen LogP contribution in [-0.4, -0.2) is 35.1 Å². The van der Waals surface area contributed by atoms with Crippen molar-refractivity contribution in [2.75, 3.05) is 13.6 Å². The highest BCUT2D eigenvalue weighted by Crippen LogP contribution is 2.41. The maximum Gasteiger partial charge on any atom is 0.191 e. The first-order chi connectivity index (χ1) is 13.7. The Morgan fingerprint density at radius 3 is 2.76 bits per heavy atom. The second kappa shape index (κ2) is 9.56. The van der Waals surface area contributed by atoms with Gasteiger partial charge in [0.2, 0.25) is 0 Å². The minimum Gasteiger partial charge on any atom is -0.356 e. The maximum absolute atomic E-state index is 13.9. The van der Waals surface area contributed by atoms with Crippen LogP contribution >= 0.6 is 24.0 Å². The lowest BCUT2D eigenvalue weighted by Gasteiger charge is -2.13. The van der Waals surface area contributed by atoms with Crippen LogP contribution in [0.2, 0.25) is 0 Å². The van der Waals surface area contributed by atoms with Crippen LogP contribution in [0, 0.1) is 12.7 Å². The molecule has 7 heteroatoms. The van der Waals surface area contributed by atoms with Crippen molar-refractivity contribution in [2.24, 2.45) is 4.99 Å². The molecule has 2 atom stereocenters. The number of aliphatic imine (C=N–C) groups is 1. The summed E-state index contributed by atoms with van der Waals surface area (Å²) in [5, 5.41) is 6.77. The van der Waals surface area contributed by atoms with E-state index in [9.17, 15) is 4.39 Å². The summed E-state index contributed by atoms with van der Waals surface area (Å²) in [4.78, 5) is 8.91. The summed E-state index contributed by atoms with van der Waals surface area (Å²) in [6.45, 7) is 3.75. The van der Waals surface area contributed by atoms with Crippen molar-refractivity contribution < 1.29 is 4.39 Å². The van der Waals surface area contributed by atoms with Gasteiger partial charge in [-0.15, -0.1) is 24.0 Å². The molecule has 1 saturated carbocycles. The number of halogens is 2. The molecule has 1 aliphatic carbocycles. The quantitative estimate of drug-likeness (QED) is 0.228. The molecule has 2 N–H and O–H groups in total. The van der Waals surface area contributed by atoms with Crippen molar-refractivity contribution in [1.29, 1.82) is 0 Å². The second-order valence-corrected chi connectivity index (χ2v) is 7.27. The molecule has 0 aliphatic heterocycles. The van der Waals surface area contributed by atoms with Gasteiger partial charge in [0.15, 0.2) is 5.96 Å². The number of aryl methyl sites for hydroxylation is 2. The average Bonchev–Trinajstić information content (AvgIpc) is 3.39. The standard InChI is InChI=1S/C22H26FN5.HI/c1-15-26-19-10-5-6-11-21(19)28(15)13-7-12-25-22(24-2)27-20-14-17(20)16-8-3-4-9-18(16)23;/h3-6,8-11,17,20H,7,12-14H2,1-2H3,(H2,24,25,27);1H. The summed E-state index contributed by atoms with van der Waals surface area (Å²) < 4.78 is 16.2. The number of rotatable bonds is 6. The smallest absolute Gasteiger partial charge is 0.191 e. The Hall–Kier alpha value is -2.16. The summed E-state index contributed by atoms with van der Waals surface area (Å²) in [6, 6.07) is 15.5. The first-order valence-electron chi connectivity index (χ1n) is 9.81. The van der Waals surface area contributed by atoms with E-state index in [1.165, 1.54) is 11.6 Å². The number of aromatic nitrogens is 2. The number of hydrogen-bond donors (Lipinski definition) is 2. The highest BCUT2D eigenvalue weighted by molar-refractivity contribution is 14.0. The summed E-state index contributed by atoms with van der Waals surface area (Å²) in [5.74, 6) is 1.91. The highest BCUT2D eigenvalue weighted by Gasteiger charge is 2.40. The van der Waals surface area contributed by atoms with E-state index >= 15 is 0 Å². The van der Waals surface area contributed by atoms with Gasteiger partial charge in [0.25, 0.3) is 0 Å². The van der Waals surface area contributed by atoms with E-state index in [1.54, 1.807) is 13.1 Å². The van der Waals surface area contributed by atoms with E-state index < -0.39 is 0 Å². The van der Waals surface area contributed by atoms with Crippen LogP contribution in [0.5, 0.6) is 0 Å². The molecule has 0 saturated heterocycles. The zero-order chi connectivity index (χ0) is 19.5. The molecule has 1 aromatic heterocycles. The first kappa shape index (κ1) is 21.5. The molecule has 3 aromatic rings. The number of imidazole rings is 1. The van der Waals surface area contributed by atoms with Gasteiger partial charge in [0, 0.05) is 32.1 Å². The van der Waals surface area contributed by atoms with E-state index in [2.05, 4.69) is 31.2 Å². The Labute approximate surface area is 187 Å². The second-order valence-electron chi connectivity index (χ2n) is 7.27. The largest absolute Gasteiger partial charge is 0.356 e. The fourth-order valence-electron chi connectivity index (χ4n) is 3.77. The topological polar surface area (TPSA) is 54.2 Å². The summed E-state index contributed by atoms with van der Waals surface area (Å²) in [6.07, 6.45) is 1.89. The lowest BCUT2D eigenvalue weighted by atomic mass is 10.1. The molecule has 5 nitrogen and oxygen atoms in total. The van der Waals surface area contributed by atoms with E-state index in [1.807, 2.05) is 37.3 Å². The number of nitrogens with zero attached hydrogens (tertiary/aromatic N) is 3. The zero-order valence-corrected chi connectivity index (χ0v) is 19.1. The van der Waals surface area contributed by atoms with Gasteiger partial charge in [-0.3, -0.25) is 4.99 Å². The molecule has 1 heterocycles. The van der Waals surface area contributed by atoms with Gasteiger partial charge >= 0.3 is 0 Å². The van der Waals surface area contributed by atoms with Crippen molar-refractivity contribution in [3.63, 3.8) is 0 Å². The highest BCUT2D eigenvalue weighted by atomic mass is 127. The zero-order valence-electron chi connectivity index (χ0n) is 16.7. The maximum atomic E-state index is 13.9. The molecule has 2 unspecified atom stereocenters. The fraction of sp³-hybridized carbons (Fsp3) is 0.364. The average molecular weight is 507 g/mol. The molecule has 154 valence electrons. The number of benzene rings is 2. The Balaban J connectivity index is 0.00000240. The molecule has 29 heavy (non-hydrogen) atoms. The molecule has 1 fully saturated rings. The number of nitrogens with one attached hydrogen (secondary N) is 2. The van der Waals surface area contributed by atoms with Crippen LogP contribution in [0.3, 0.4) is 0 Å². The lowest BCUT2D eigenvalue weighted by molar-refractivity contribution is 0.606. The molecule has 1 aliphatic rings. The Kier molecular flexibility index (Phi) is 7.10. The molecule has 2 aromatic carbocycles. The summed E-state index contributed by atoms with van der Waals surface area (Å²) in [5.41, 5.74) is 3.00. The van der Waals surface area contributed by atoms with E-state index in [0.717, 1.165) is 48.8 Å². The Morgan fingerprint density at radius 1 is 1.21 bits per heavy atom. The molecule has 0 amide bonds. The minimum atomic E-state index is -0.123. The molecule has 0 bridgehead atoms. The van der Waals surface area contributed by atoms with Gasteiger partial charge in [-0.1, -0.05) is 30.3 Å². The Bertz CT molecular complexity index is 1000. The van der Waals surface area contributed by atoms with Crippen molar-refractivity contribution in [3.05, 3.63) is 65.7 Å². The molecule has 0 spiro atoms. The van der Waals surface area contributed by atoms with Gasteiger partial charge < -0.3 is 15.2 Å². The number of para-hydroxylation sites is 2. The number of hydrogen-bond acceptors (Lipinski definition) is 2. The van der Waals surface area contributed by atoms with Crippen molar-refractivity contribution in [3.8, 4) is 0 Å². The third-order valence-electron chi connectivity index (χ3n) is 5.34. The third-order valence-corrected chi connectivity index (χ3v) is 5.34. The number of guanidine groups is 1. The monoisotopic (exact) mass is 507 g/mol. The SMILES string of the molecule is CN=C(NCCCn1c(C)nc2ccccc21)NC1CC1c1ccccc1F.I. The van der Waals surface area contributed by atoms with Crippen molar-refractivity contribution >= 4 is 41.0 Å². The summed E-state index contributed by atoms with van der Waals surface area (Å²) >= 11 is 0. The third kappa shape index (κ3) is 4.88. The molecule has 4 rings (SSSR count). The van der Waals surface area contributed by atoms with Crippen LogP contribution < -0.4 is 10.6 Å². The van der Waals surface area contributed by atoms with Crippen molar-refractivity contribution in [2.45, 2.75) is 38.3 Å². The van der Waals surface area contributed by atoms with Crippen LogP contribution in [0.25, 0.3) is 11.0 Å². The first-order valence-corrected chi connectivity index (χ1v) is 9.81. The lowest BCUT2D eigenvalue weighted by Crippen LogP contribution is -2.39. The number of fused-ring (bicyclic) bond motifs is 1. The van der Waals surface area contributed by atoms with E-state index in [4.69, 9.17) is 0 Å². The van der Waals surface area contributed by atoms with Gasteiger partial charge in [-0.25, -0.2) is 9.37 Å². The van der Waals surface area contributed by atoms with Crippen LogP contribution in [0.15, 0.2) is 53.5 Å². The van der Waals surface area contributed by atoms with Gasteiger partial charge in [0.05, 0.1) is 11.0 Å². The van der Waals surface area contributed by atoms with Crippen LogP contribution in [0.1, 0.15) is 30.1 Å². The van der Waals surface area contributed by atoms with Crippen molar-refractivity contribution in [1.82, 2.24) is 20.2 Å². The summed E-state index contributed by atoms with van der Waals surface area (Å²) in [7, 11) is 1.77. The van der Waals surface area contributed by atoms with E-state index in [0.29, 0.717) is 0 Å². The van der Waals surface area contributed by atoms with Gasteiger partial charge in [0.1, 0.15) is 11.6 Å². The van der Waals surface area contributed by atoms with Gasteiger partial charge in [-0.2, -0.15) is 0 Å². The predicted molar refractivity (Wildman–Crippen MR) is 127 cm³/mol. The predicted octanol–water partition coefficient (Wildman–Crippen LogP) is 4.21. The van der Waals surface area contributed by atoms with Gasteiger partial charge in [-0.05, 0) is 43.5 Å². The normalized spacial score (nSPS) is 18.4. The molecular formula is C22H27FIN5.